The van der Waals surface area contributed by atoms with Gasteiger partial charge in [0.15, 0.2) is 8.03 Å². The molecule has 2 rings (SSSR count). The van der Waals surface area contributed by atoms with E-state index in [1.807, 2.05) is 0 Å². The molecule has 0 spiro atoms. The van der Waals surface area contributed by atoms with Crippen LogP contribution in [0.1, 0.15) is 58.1 Å². The van der Waals surface area contributed by atoms with Crippen molar-refractivity contribution in [3.05, 3.63) is 18.2 Å². The smallest absolute Gasteiger partial charge is 0.242 e. The molecule has 1 aliphatic carbocycles. The van der Waals surface area contributed by atoms with Crippen molar-refractivity contribution in [2.75, 3.05) is 6.54 Å². The number of nitrogens with zero attached hydrogens (tertiary/aromatic N) is 1. The van der Waals surface area contributed by atoms with Crippen LogP contribution in [0.3, 0.4) is 0 Å². The van der Waals surface area contributed by atoms with Crippen LogP contribution in [0.15, 0.2) is 12.5 Å². The zero-order valence-corrected chi connectivity index (χ0v) is 19.9. The maximum Gasteiger partial charge on any atom is 0.242 e. The number of aromatic nitrogens is 2. The monoisotopic (exact) mass is 471 g/mol. The third kappa shape index (κ3) is 8.31. The second-order valence-electron chi connectivity index (χ2n) is 9.08. The first-order valence-electron chi connectivity index (χ1n) is 11.4. The Hall–Kier alpha value is -1.74. The normalized spacial score (nSPS) is 19.7. The number of aliphatic hydroxyl groups is 1. The van der Waals surface area contributed by atoms with E-state index < -0.39 is 43.7 Å². The lowest BCUT2D eigenvalue weighted by atomic mass is 9.85. The number of nitrogens with one attached hydrogen (secondary N) is 3. The molecule has 32 heavy (non-hydrogen) atoms. The Kier molecular flexibility index (Phi) is 10.8. The van der Waals surface area contributed by atoms with Gasteiger partial charge in [0.25, 0.3) is 0 Å². The van der Waals surface area contributed by atoms with Crippen molar-refractivity contribution in [2.24, 2.45) is 17.6 Å². The number of hydrogen-bond donors (Lipinski definition) is 6. The zero-order valence-electron chi connectivity index (χ0n) is 18.9. The molecule has 2 amide bonds. The minimum absolute atomic E-state index is 0.0460. The van der Waals surface area contributed by atoms with Gasteiger partial charge in [-0.05, 0) is 31.1 Å². The first kappa shape index (κ1) is 26.5. The predicted octanol–water partition coefficient (Wildman–Crippen LogP) is 0.703. The molecular formula is C21H38N5O5P. The number of amides is 2. The highest BCUT2D eigenvalue weighted by atomic mass is 31.1. The number of hydrogen-bond acceptors (Lipinski definition) is 6. The van der Waals surface area contributed by atoms with E-state index in [1.165, 1.54) is 6.33 Å². The first-order valence-corrected chi connectivity index (χ1v) is 12.8. The van der Waals surface area contributed by atoms with Crippen LogP contribution in [0.5, 0.6) is 0 Å². The Morgan fingerprint density at radius 3 is 2.53 bits per heavy atom. The summed E-state index contributed by atoms with van der Waals surface area (Å²) in [5.41, 5.74) is 6.16. The number of carbonyl (C=O) groups excluding carboxylic acids is 2. The molecule has 1 aromatic rings. The van der Waals surface area contributed by atoms with E-state index in [-0.39, 0.29) is 31.2 Å². The molecule has 11 heteroatoms. The molecule has 182 valence electrons. The lowest BCUT2D eigenvalue weighted by Gasteiger charge is -2.30. The van der Waals surface area contributed by atoms with Crippen molar-refractivity contribution in [3.8, 4) is 0 Å². The Labute approximate surface area is 190 Å². The van der Waals surface area contributed by atoms with Crippen LogP contribution >= 0.6 is 8.03 Å². The van der Waals surface area contributed by atoms with Crippen molar-refractivity contribution in [1.82, 2.24) is 20.6 Å². The van der Waals surface area contributed by atoms with Crippen molar-refractivity contribution >= 4 is 19.8 Å². The van der Waals surface area contributed by atoms with Crippen molar-refractivity contribution < 1.29 is 24.2 Å². The van der Waals surface area contributed by atoms with Crippen LogP contribution < -0.4 is 16.4 Å². The van der Waals surface area contributed by atoms with E-state index in [4.69, 9.17) is 5.73 Å². The number of H-pyrrole nitrogens is 1. The van der Waals surface area contributed by atoms with E-state index in [1.54, 1.807) is 20.0 Å². The lowest BCUT2D eigenvalue weighted by molar-refractivity contribution is -0.130. The number of carbonyl (C=O) groups is 2. The summed E-state index contributed by atoms with van der Waals surface area (Å²) in [6.45, 7) is 3.56. The van der Waals surface area contributed by atoms with Gasteiger partial charge < -0.3 is 31.4 Å². The van der Waals surface area contributed by atoms with Crippen molar-refractivity contribution in [1.29, 1.82) is 0 Å². The molecule has 0 aliphatic heterocycles. The van der Waals surface area contributed by atoms with Crippen molar-refractivity contribution in [2.45, 2.75) is 82.6 Å². The molecule has 1 saturated carbocycles. The Balaban J connectivity index is 1.85. The molecule has 1 fully saturated rings. The highest BCUT2D eigenvalue weighted by molar-refractivity contribution is 7.38. The van der Waals surface area contributed by atoms with Gasteiger partial charge in [0.05, 0.1) is 24.2 Å². The van der Waals surface area contributed by atoms with E-state index >= 15 is 0 Å². The number of nitrogens with two attached hydrogens (primary N) is 1. The van der Waals surface area contributed by atoms with Crippen LogP contribution in [0.4, 0.5) is 0 Å². The molecule has 0 radical (unpaired) electrons. The molecule has 5 atom stereocenters. The van der Waals surface area contributed by atoms with Crippen molar-refractivity contribution in [3.63, 3.8) is 0 Å². The maximum absolute atomic E-state index is 12.7. The highest BCUT2D eigenvalue weighted by Crippen LogP contribution is 2.40. The van der Waals surface area contributed by atoms with Crippen LogP contribution in [-0.2, 0) is 20.6 Å². The van der Waals surface area contributed by atoms with Gasteiger partial charge in [0, 0.05) is 24.8 Å². The largest absolute Gasteiger partial charge is 0.391 e. The minimum Gasteiger partial charge on any atom is -0.391 e. The molecule has 7 N–H and O–H groups in total. The third-order valence-corrected chi connectivity index (χ3v) is 7.48. The lowest BCUT2D eigenvalue weighted by Crippen LogP contribution is -2.55. The van der Waals surface area contributed by atoms with Gasteiger partial charge in [-0.3, -0.25) is 14.2 Å². The van der Waals surface area contributed by atoms with E-state index in [9.17, 15) is 24.2 Å². The van der Waals surface area contributed by atoms with Crippen LogP contribution in [0.2, 0.25) is 0 Å². The molecule has 1 aliphatic rings. The van der Waals surface area contributed by atoms with Gasteiger partial charge in [0.2, 0.25) is 11.8 Å². The standard InChI is InChI=1S/C21H38N5O5P/c1-13(2)19(26-20(28)17(22)8-15-10-23-12-25-15)21(29)24-11-16(27)9-18(32(30)31)14-6-4-3-5-7-14/h10,12-14,16-19,27,32H,3-9,11,22H2,1-2H3,(H,23,25)(H,24,29)(H,26,28)(H,30,31)/t16-,17+,18?,19+/m1/s1. The fourth-order valence-corrected chi connectivity index (χ4v) is 5.46. The van der Waals surface area contributed by atoms with Crippen LogP contribution in [0, 0.1) is 11.8 Å². The first-order chi connectivity index (χ1) is 15.2. The van der Waals surface area contributed by atoms with Crippen LogP contribution in [0.25, 0.3) is 0 Å². The molecule has 1 aromatic heterocycles. The summed E-state index contributed by atoms with van der Waals surface area (Å²) in [6, 6.07) is -1.66. The summed E-state index contributed by atoms with van der Waals surface area (Å²) in [5, 5.41) is 15.8. The van der Waals surface area contributed by atoms with Gasteiger partial charge >= 0.3 is 0 Å². The third-order valence-electron chi connectivity index (χ3n) is 6.14. The topological polar surface area (TPSA) is 170 Å². The molecular weight excluding hydrogens is 433 g/mol. The summed E-state index contributed by atoms with van der Waals surface area (Å²) in [6.07, 6.45) is 7.67. The SMILES string of the molecule is CC(C)[C@H](NC(=O)[C@@H](N)Cc1c[nH]cn1)C(=O)NC[C@H](O)CC(C1CCCCC1)[PH](=O)O. The average molecular weight is 472 g/mol. The minimum atomic E-state index is -2.78. The van der Waals surface area contributed by atoms with Gasteiger partial charge in [-0.2, -0.15) is 0 Å². The van der Waals surface area contributed by atoms with Gasteiger partial charge in [-0.15, -0.1) is 0 Å². The second-order valence-corrected chi connectivity index (χ2v) is 10.5. The van der Waals surface area contributed by atoms with Gasteiger partial charge in [0.1, 0.15) is 6.04 Å². The van der Waals surface area contributed by atoms with E-state index in [2.05, 4.69) is 20.6 Å². The summed E-state index contributed by atoms with van der Waals surface area (Å²) in [5.74, 6) is -0.939. The quantitative estimate of drug-likeness (QED) is 0.244. The Morgan fingerprint density at radius 1 is 1.28 bits per heavy atom. The second kappa shape index (κ2) is 13.1. The zero-order chi connectivity index (χ0) is 23.7. The molecule has 0 saturated heterocycles. The summed E-state index contributed by atoms with van der Waals surface area (Å²) >= 11 is 0. The Morgan fingerprint density at radius 2 is 1.97 bits per heavy atom. The van der Waals surface area contributed by atoms with Gasteiger partial charge in [-0.25, -0.2) is 4.98 Å². The Bertz CT molecular complexity index is 739. The summed E-state index contributed by atoms with van der Waals surface area (Å²) in [4.78, 5) is 41.8. The fourth-order valence-electron chi connectivity index (χ4n) is 4.25. The predicted molar refractivity (Wildman–Crippen MR) is 122 cm³/mol. The summed E-state index contributed by atoms with van der Waals surface area (Å²) < 4.78 is 11.9. The van der Waals surface area contributed by atoms with Crippen LogP contribution in [-0.4, -0.2) is 62.2 Å². The average Bonchev–Trinajstić information content (AvgIpc) is 3.27. The summed E-state index contributed by atoms with van der Waals surface area (Å²) in [7, 11) is -2.78. The highest BCUT2D eigenvalue weighted by Gasteiger charge is 2.31. The van der Waals surface area contributed by atoms with Gasteiger partial charge in [-0.1, -0.05) is 33.1 Å². The number of imidazole rings is 1. The maximum atomic E-state index is 12.7. The number of aromatic amines is 1. The molecule has 0 bridgehead atoms. The molecule has 2 unspecified atom stereocenters. The fraction of sp³-hybridized carbons (Fsp3) is 0.762. The number of aliphatic hydroxyl groups excluding tert-OH is 1. The molecule has 10 nitrogen and oxygen atoms in total. The van der Waals surface area contributed by atoms with E-state index in [0.717, 1.165) is 32.1 Å². The number of rotatable bonds is 12. The molecule has 1 heterocycles. The molecule has 0 aromatic carbocycles. The van der Waals surface area contributed by atoms with E-state index in [0.29, 0.717) is 5.69 Å².